The molecule has 0 aromatic heterocycles. The van der Waals surface area contributed by atoms with Crippen molar-refractivity contribution in [2.45, 2.75) is 69.6 Å². The molecule has 0 saturated carbocycles. The van der Waals surface area contributed by atoms with E-state index in [2.05, 4.69) is 44.8 Å². The zero-order chi connectivity index (χ0) is 12.0. The molecule has 1 fully saturated rings. The lowest BCUT2D eigenvalue weighted by Crippen LogP contribution is -2.32. The Morgan fingerprint density at radius 1 is 1.44 bits per heavy atom. The van der Waals surface area contributed by atoms with E-state index in [4.69, 9.17) is 4.74 Å². The number of rotatable bonds is 7. The first-order valence-electron chi connectivity index (χ1n) is 6.64. The Bertz CT molecular complexity index is 189. The Kier molecular flexibility index (Phi) is 6.78. The molecule has 2 nitrogen and oxygen atoms in total. The number of ether oxygens (including phenoxy) is 1. The fourth-order valence-corrected chi connectivity index (χ4v) is 3.46. The maximum atomic E-state index is 5.59. The van der Waals surface area contributed by atoms with E-state index in [9.17, 15) is 0 Å². The van der Waals surface area contributed by atoms with E-state index in [0.29, 0.717) is 22.6 Å². The highest BCUT2D eigenvalue weighted by Gasteiger charge is 2.26. The quantitative estimate of drug-likeness (QED) is 0.745. The summed E-state index contributed by atoms with van der Waals surface area (Å²) in [6.07, 6.45) is 4.21. The lowest BCUT2D eigenvalue weighted by Gasteiger charge is -2.21. The molecule has 0 spiro atoms. The summed E-state index contributed by atoms with van der Waals surface area (Å²) < 4.78 is 5.59. The Morgan fingerprint density at radius 3 is 2.75 bits per heavy atom. The second-order valence-electron chi connectivity index (χ2n) is 4.95. The van der Waals surface area contributed by atoms with Crippen LogP contribution in [0.1, 0.15) is 47.0 Å². The highest BCUT2D eigenvalue weighted by Crippen LogP contribution is 2.29. The molecule has 0 aliphatic carbocycles. The summed E-state index contributed by atoms with van der Waals surface area (Å²) in [6, 6.07) is 0.658. The fraction of sp³-hybridized carbons (Fsp3) is 1.00. The van der Waals surface area contributed by atoms with Crippen LogP contribution in [0.25, 0.3) is 0 Å². The molecule has 0 radical (unpaired) electrons. The first-order chi connectivity index (χ1) is 7.63. The van der Waals surface area contributed by atoms with Crippen LogP contribution >= 0.6 is 11.8 Å². The second-order valence-corrected chi connectivity index (χ2v) is 6.63. The van der Waals surface area contributed by atoms with Gasteiger partial charge < -0.3 is 10.1 Å². The zero-order valence-electron chi connectivity index (χ0n) is 11.2. The van der Waals surface area contributed by atoms with Crippen molar-refractivity contribution < 1.29 is 4.74 Å². The monoisotopic (exact) mass is 245 g/mol. The molecule has 1 heterocycles. The predicted octanol–water partition coefficient (Wildman–Crippen LogP) is 3.06. The largest absolute Gasteiger partial charge is 0.377 e. The molecule has 0 bridgehead atoms. The van der Waals surface area contributed by atoms with Gasteiger partial charge in [0.05, 0.1) is 6.10 Å². The Morgan fingerprint density at radius 2 is 2.19 bits per heavy atom. The SMILES string of the molecule is CCCC(C)NCC(C)SC1CCOC1C. The summed E-state index contributed by atoms with van der Waals surface area (Å²) in [5.41, 5.74) is 0. The molecule has 96 valence electrons. The zero-order valence-corrected chi connectivity index (χ0v) is 12.0. The Hall–Kier alpha value is 0.270. The lowest BCUT2D eigenvalue weighted by molar-refractivity contribution is 0.127. The van der Waals surface area contributed by atoms with Gasteiger partial charge in [0.15, 0.2) is 0 Å². The van der Waals surface area contributed by atoms with Gasteiger partial charge in [-0.2, -0.15) is 11.8 Å². The first kappa shape index (κ1) is 14.3. The molecule has 1 N–H and O–H groups in total. The van der Waals surface area contributed by atoms with Crippen LogP contribution in [0.15, 0.2) is 0 Å². The van der Waals surface area contributed by atoms with E-state index in [1.54, 1.807) is 0 Å². The van der Waals surface area contributed by atoms with Crippen molar-refractivity contribution in [3.8, 4) is 0 Å². The van der Waals surface area contributed by atoms with E-state index in [0.717, 1.165) is 13.2 Å². The molecule has 4 unspecified atom stereocenters. The second kappa shape index (κ2) is 7.57. The van der Waals surface area contributed by atoms with Crippen LogP contribution in [-0.2, 0) is 4.74 Å². The third-order valence-electron chi connectivity index (χ3n) is 3.19. The van der Waals surface area contributed by atoms with Crippen LogP contribution in [0, 0.1) is 0 Å². The molecule has 1 rings (SSSR count). The third-order valence-corrected chi connectivity index (χ3v) is 4.79. The molecule has 1 saturated heterocycles. The minimum Gasteiger partial charge on any atom is -0.377 e. The van der Waals surface area contributed by atoms with Crippen molar-refractivity contribution in [3.05, 3.63) is 0 Å². The highest BCUT2D eigenvalue weighted by molar-refractivity contribution is 8.00. The number of thioether (sulfide) groups is 1. The number of nitrogens with one attached hydrogen (secondary N) is 1. The predicted molar refractivity (Wildman–Crippen MR) is 73.2 cm³/mol. The van der Waals surface area contributed by atoms with Crippen LogP contribution in [0.2, 0.25) is 0 Å². The van der Waals surface area contributed by atoms with E-state index in [1.807, 2.05) is 0 Å². The Balaban J connectivity index is 2.12. The van der Waals surface area contributed by atoms with Crippen LogP contribution in [0.3, 0.4) is 0 Å². The molecule has 0 aromatic rings. The van der Waals surface area contributed by atoms with E-state index in [-0.39, 0.29) is 0 Å². The van der Waals surface area contributed by atoms with E-state index >= 15 is 0 Å². The highest BCUT2D eigenvalue weighted by atomic mass is 32.2. The standard InChI is InChI=1S/C13H27NOS/c1-5-6-10(2)14-9-11(3)16-13-7-8-15-12(13)4/h10-14H,5-9H2,1-4H3. The lowest BCUT2D eigenvalue weighted by atomic mass is 10.2. The maximum absolute atomic E-state index is 5.59. The van der Waals surface area contributed by atoms with Gasteiger partial charge in [-0.05, 0) is 26.7 Å². The van der Waals surface area contributed by atoms with Crippen molar-refractivity contribution in [2.24, 2.45) is 0 Å². The van der Waals surface area contributed by atoms with Gasteiger partial charge in [0.2, 0.25) is 0 Å². The average molecular weight is 245 g/mol. The molecule has 1 aliphatic rings. The van der Waals surface area contributed by atoms with E-state index < -0.39 is 0 Å². The van der Waals surface area contributed by atoms with Crippen molar-refractivity contribution in [3.63, 3.8) is 0 Å². The Labute approximate surface area is 105 Å². The molecule has 4 atom stereocenters. The number of hydrogen-bond donors (Lipinski definition) is 1. The maximum Gasteiger partial charge on any atom is 0.0666 e. The third kappa shape index (κ3) is 5.07. The summed E-state index contributed by atoms with van der Waals surface area (Å²) in [6.45, 7) is 11.1. The topological polar surface area (TPSA) is 21.3 Å². The van der Waals surface area contributed by atoms with E-state index in [1.165, 1.54) is 19.3 Å². The molecule has 3 heteroatoms. The summed E-state index contributed by atoms with van der Waals surface area (Å²) in [5.74, 6) is 0. The molecule has 0 amide bonds. The van der Waals surface area contributed by atoms with Gasteiger partial charge in [0.1, 0.15) is 0 Å². The van der Waals surface area contributed by atoms with Crippen LogP contribution in [-0.4, -0.2) is 35.8 Å². The van der Waals surface area contributed by atoms with Gasteiger partial charge >= 0.3 is 0 Å². The smallest absolute Gasteiger partial charge is 0.0666 e. The normalized spacial score (nSPS) is 29.2. The minimum atomic E-state index is 0.445. The minimum absolute atomic E-state index is 0.445. The summed E-state index contributed by atoms with van der Waals surface area (Å²) in [7, 11) is 0. The van der Waals surface area contributed by atoms with Gasteiger partial charge in [0.25, 0.3) is 0 Å². The van der Waals surface area contributed by atoms with Gasteiger partial charge in [-0.15, -0.1) is 0 Å². The molecule has 1 aliphatic heterocycles. The summed E-state index contributed by atoms with van der Waals surface area (Å²) >= 11 is 2.09. The molecular formula is C13H27NOS. The van der Waals surface area contributed by atoms with Crippen LogP contribution in [0.4, 0.5) is 0 Å². The molecule has 16 heavy (non-hydrogen) atoms. The fourth-order valence-electron chi connectivity index (χ4n) is 2.14. The van der Waals surface area contributed by atoms with Gasteiger partial charge in [-0.1, -0.05) is 20.3 Å². The van der Waals surface area contributed by atoms with Crippen molar-refractivity contribution >= 4 is 11.8 Å². The summed E-state index contributed by atoms with van der Waals surface area (Å²) in [5, 5.41) is 5.01. The molecule has 0 aromatic carbocycles. The molecular weight excluding hydrogens is 218 g/mol. The van der Waals surface area contributed by atoms with Crippen molar-refractivity contribution in [1.82, 2.24) is 5.32 Å². The first-order valence-corrected chi connectivity index (χ1v) is 7.58. The van der Waals surface area contributed by atoms with Crippen molar-refractivity contribution in [2.75, 3.05) is 13.2 Å². The van der Waals surface area contributed by atoms with Gasteiger partial charge in [-0.3, -0.25) is 0 Å². The van der Waals surface area contributed by atoms with Crippen LogP contribution in [0.5, 0.6) is 0 Å². The van der Waals surface area contributed by atoms with Gasteiger partial charge in [0, 0.05) is 29.7 Å². The van der Waals surface area contributed by atoms with Crippen molar-refractivity contribution in [1.29, 1.82) is 0 Å². The van der Waals surface area contributed by atoms with Crippen LogP contribution < -0.4 is 5.32 Å². The average Bonchev–Trinajstić information content (AvgIpc) is 2.62. The van der Waals surface area contributed by atoms with Gasteiger partial charge in [-0.25, -0.2) is 0 Å². The summed E-state index contributed by atoms with van der Waals surface area (Å²) in [4.78, 5) is 0. The number of hydrogen-bond acceptors (Lipinski definition) is 3.